The Hall–Kier alpha value is 2.08. The summed E-state index contributed by atoms with van der Waals surface area (Å²) in [6, 6.07) is -0.526. The van der Waals surface area contributed by atoms with Crippen molar-refractivity contribution < 1.29 is 69.2 Å². The molecule has 0 heterocycles. The van der Waals surface area contributed by atoms with Crippen LogP contribution in [0.5, 0.6) is 0 Å². The van der Waals surface area contributed by atoms with E-state index in [1.165, 1.54) is 14.1 Å². The molecule has 0 radical (unpaired) electrons. The maximum absolute atomic E-state index is 12.0. The zero-order chi connectivity index (χ0) is 13.1. The van der Waals surface area contributed by atoms with E-state index in [4.69, 9.17) is 16.3 Å². The Morgan fingerprint density at radius 2 is 1.82 bits per heavy atom. The van der Waals surface area contributed by atoms with E-state index in [1.54, 1.807) is 20.8 Å². The Morgan fingerprint density at radius 3 is 2.06 bits per heavy atom. The van der Waals surface area contributed by atoms with Crippen molar-refractivity contribution in [1.82, 2.24) is 8.38 Å². The third kappa shape index (κ3) is 5.93. The fourth-order valence-electron chi connectivity index (χ4n) is 1.06. The van der Waals surface area contributed by atoms with Crippen molar-refractivity contribution in [3.8, 4) is 0 Å². The summed E-state index contributed by atoms with van der Waals surface area (Å²) in [5, 5.41) is 0. The molecule has 0 rings (SSSR count). The zero-order valence-electron chi connectivity index (χ0n) is 11.1. The predicted molar refractivity (Wildman–Crippen MR) is 65.5 cm³/mol. The van der Waals surface area contributed by atoms with Crippen LogP contribution in [0.25, 0.3) is 0 Å². The fourth-order valence-corrected chi connectivity index (χ4v) is 6.17. The maximum atomic E-state index is 12.0. The Morgan fingerprint density at radius 1 is 1.41 bits per heavy atom. The standard InChI is InChI=1S/C7H19N2O4PS2.K/c1-6-13-14(10,15)9(7(2)3)16(11,12)8(4)5;/h7H,6H2,1-5H3,(H,10,15);/q;+1/p-1. The molecule has 0 fully saturated rings. The molecule has 0 aromatic rings. The summed E-state index contributed by atoms with van der Waals surface area (Å²) >= 11 is 4.76. The van der Waals surface area contributed by atoms with Crippen LogP contribution in [0.2, 0.25) is 0 Å². The Balaban J connectivity index is 0. The monoisotopic (exact) mass is 328 g/mol. The van der Waals surface area contributed by atoms with Gasteiger partial charge in [-0.15, -0.1) is 4.08 Å². The molecule has 0 bridgehead atoms. The summed E-state index contributed by atoms with van der Waals surface area (Å²) in [6.45, 7) is 1.16. The number of hydrogen-bond acceptors (Lipinski definition) is 5. The number of rotatable bonds is 6. The van der Waals surface area contributed by atoms with Crippen molar-refractivity contribution in [3.05, 3.63) is 0 Å². The van der Waals surface area contributed by atoms with Crippen molar-refractivity contribution >= 4 is 28.7 Å². The van der Waals surface area contributed by atoms with Gasteiger partial charge in [-0.3, -0.25) is 0 Å². The van der Waals surface area contributed by atoms with Gasteiger partial charge in [0, 0.05) is 26.7 Å². The van der Waals surface area contributed by atoms with Crippen molar-refractivity contribution in [3.63, 3.8) is 0 Å². The Kier molecular flexibility index (Phi) is 10.5. The van der Waals surface area contributed by atoms with Crippen LogP contribution in [0, 0.1) is 0 Å². The minimum atomic E-state index is -3.84. The van der Waals surface area contributed by atoms with Crippen molar-refractivity contribution in [1.29, 1.82) is 0 Å². The third-order valence-corrected chi connectivity index (χ3v) is 7.44. The molecule has 1 unspecified atom stereocenters. The van der Waals surface area contributed by atoms with Gasteiger partial charge in [0.2, 0.25) is 0 Å². The van der Waals surface area contributed by atoms with Gasteiger partial charge in [-0.05, 0) is 20.8 Å². The van der Waals surface area contributed by atoms with Crippen LogP contribution in [0.4, 0.5) is 0 Å². The molecule has 0 amide bonds. The van der Waals surface area contributed by atoms with Gasteiger partial charge in [0.15, 0.2) is 0 Å². The first-order valence-electron chi connectivity index (χ1n) is 4.75. The molecule has 0 N–H and O–H groups in total. The van der Waals surface area contributed by atoms with Gasteiger partial charge in [0.05, 0.1) is 6.64 Å². The van der Waals surface area contributed by atoms with Crippen LogP contribution in [0.3, 0.4) is 0 Å². The second-order valence-corrected chi connectivity index (χ2v) is 8.84. The first-order valence-corrected chi connectivity index (χ1v) is 8.74. The summed E-state index contributed by atoms with van der Waals surface area (Å²) in [5.41, 5.74) is 0. The van der Waals surface area contributed by atoms with Gasteiger partial charge in [0.25, 0.3) is 10.2 Å². The second kappa shape index (κ2) is 8.38. The van der Waals surface area contributed by atoms with E-state index in [2.05, 4.69) is 0 Å². The van der Waals surface area contributed by atoms with E-state index in [0.717, 1.165) is 8.38 Å². The quantitative estimate of drug-likeness (QED) is 0.387. The SMILES string of the molecule is CCOP([O-])(=S)N(C(C)C)S(=O)(=O)N(C)C.[K+]. The van der Waals surface area contributed by atoms with E-state index in [-0.39, 0.29) is 58.0 Å². The number of hydrogen-bond donors (Lipinski definition) is 0. The van der Waals surface area contributed by atoms with Crippen LogP contribution in [-0.2, 0) is 26.5 Å². The molecule has 0 aromatic carbocycles. The van der Waals surface area contributed by atoms with Crippen LogP contribution in [0.1, 0.15) is 20.8 Å². The van der Waals surface area contributed by atoms with Gasteiger partial charge < -0.3 is 9.42 Å². The van der Waals surface area contributed by atoms with Crippen molar-refractivity contribution in [2.24, 2.45) is 0 Å². The molecule has 0 saturated carbocycles. The van der Waals surface area contributed by atoms with E-state index < -0.39 is 22.9 Å². The van der Waals surface area contributed by atoms with Crippen molar-refractivity contribution in [2.45, 2.75) is 26.8 Å². The minimum absolute atomic E-state index is 0. The molecule has 0 aromatic heterocycles. The van der Waals surface area contributed by atoms with Gasteiger partial charge in [0.1, 0.15) is 0 Å². The van der Waals surface area contributed by atoms with E-state index >= 15 is 0 Å². The minimum Gasteiger partial charge on any atom is -0.789 e. The first kappa shape index (κ1) is 21.4. The van der Waals surface area contributed by atoms with Crippen LogP contribution in [0.15, 0.2) is 0 Å². The van der Waals surface area contributed by atoms with Crippen LogP contribution >= 0.6 is 6.64 Å². The molecule has 0 saturated heterocycles. The molecule has 6 nitrogen and oxygen atoms in total. The molecule has 0 spiro atoms. The third-order valence-electron chi connectivity index (χ3n) is 1.67. The fraction of sp³-hybridized carbons (Fsp3) is 1.00. The van der Waals surface area contributed by atoms with Crippen LogP contribution < -0.4 is 56.3 Å². The predicted octanol–water partition coefficient (Wildman–Crippen LogP) is -2.87. The first-order chi connectivity index (χ1) is 7.07. The molecule has 0 aliphatic carbocycles. The summed E-state index contributed by atoms with van der Waals surface area (Å²) in [4.78, 5) is 12.0. The van der Waals surface area contributed by atoms with E-state index in [0.29, 0.717) is 0 Å². The van der Waals surface area contributed by atoms with E-state index in [9.17, 15) is 13.3 Å². The molecule has 17 heavy (non-hydrogen) atoms. The molecular formula is C7H18KN2O4PS2. The summed E-state index contributed by atoms with van der Waals surface area (Å²) in [5.74, 6) is 0. The van der Waals surface area contributed by atoms with Gasteiger partial charge in [-0.25, -0.2) is 0 Å². The summed E-state index contributed by atoms with van der Waals surface area (Å²) in [6.07, 6.45) is 0. The molecule has 1 atom stereocenters. The number of nitrogens with zero attached hydrogens (tertiary/aromatic N) is 2. The summed E-state index contributed by atoms with van der Waals surface area (Å²) < 4.78 is 30.4. The largest absolute Gasteiger partial charge is 1.00 e. The second-order valence-electron chi connectivity index (χ2n) is 3.54. The Labute approximate surface area is 152 Å². The molecule has 0 aliphatic heterocycles. The maximum Gasteiger partial charge on any atom is 1.00 e. The molecule has 0 aliphatic rings. The molecule has 98 valence electrons. The summed E-state index contributed by atoms with van der Waals surface area (Å²) in [7, 11) is -1.14. The van der Waals surface area contributed by atoms with Gasteiger partial charge >= 0.3 is 51.4 Å². The topological polar surface area (TPSA) is 72.9 Å². The van der Waals surface area contributed by atoms with Gasteiger partial charge in [-0.1, -0.05) is 11.8 Å². The average molecular weight is 328 g/mol. The average Bonchev–Trinajstić information content (AvgIpc) is 2.00. The zero-order valence-corrected chi connectivity index (χ0v) is 16.7. The molecular weight excluding hydrogens is 310 g/mol. The normalized spacial score (nSPS) is 16.1. The Bertz CT molecular complexity index is 374. The van der Waals surface area contributed by atoms with Crippen molar-refractivity contribution in [2.75, 3.05) is 20.7 Å². The van der Waals surface area contributed by atoms with Gasteiger partial charge in [-0.2, -0.15) is 12.7 Å². The van der Waals surface area contributed by atoms with E-state index in [1.807, 2.05) is 0 Å². The van der Waals surface area contributed by atoms with Crippen LogP contribution in [-0.4, -0.2) is 43.5 Å². The smallest absolute Gasteiger partial charge is 0.789 e. The molecule has 10 heteroatoms.